The molecule has 22 heavy (non-hydrogen) atoms. The van der Waals surface area contributed by atoms with Crippen molar-refractivity contribution in [2.75, 3.05) is 32.1 Å². The van der Waals surface area contributed by atoms with E-state index in [-0.39, 0.29) is 5.91 Å². The second kappa shape index (κ2) is 5.72. The second-order valence-electron chi connectivity index (χ2n) is 5.89. The van der Waals surface area contributed by atoms with Crippen molar-refractivity contribution in [1.82, 2.24) is 9.88 Å². The molecule has 0 saturated heterocycles. The second-order valence-corrected chi connectivity index (χ2v) is 5.89. The number of nitrogens with zero attached hydrogens (tertiary/aromatic N) is 2. The van der Waals surface area contributed by atoms with Gasteiger partial charge in [-0.05, 0) is 41.8 Å². The number of carbonyl (C=O) groups excluding carboxylic acids is 1. The molecule has 0 fully saturated rings. The summed E-state index contributed by atoms with van der Waals surface area (Å²) in [6, 6.07) is 10.4. The summed E-state index contributed by atoms with van der Waals surface area (Å²) >= 11 is 0. The number of benzene rings is 1. The highest BCUT2D eigenvalue weighted by Crippen LogP contribution is 2.24. The predicted octanol–water partition coefficient (Wildman–Crippen LogP) is 2.93. The Morgan fingerprint density at radius 2 is 1.91 bits per heavy atom. The van der Waals surface area contributed by atoms with Gasteiger partial charge in [0.05, 0.1) is 0 Å². The molecule has 0 saturated carbocycles. The number of hydrogen-bond donors (Lipinski definition) is 1. The molecule has 2 aromatic rings. The minimum Gasteiger partial charge on any atom is -0.378 e. The van der Waals surface area contributed by atoms with Crippen LogP contribution in [-0.2, 0) is 0 Å². The first kappa shape index (κ1) is 14.4. The van der Waals surface area contributed by atoms with Crippen LogP contribution in [0.15, 0.2) is 42.6 Å². The molecule has 3 rings (SSSR count). The Hall–Kier alpha value is -2.49. The first-order chi connectivity index (χ1) is 10.6. The van der Waals surface area contributed by atoms with Gasteiger partial charge in [-0.25, -0.2) is 0 Å². The normalized spacial score (nSPS) is 14.1. The lowest BCUT2D eigenvalue weighted by molar-refractivity contribution is 0.0796. The number of aryl methyl sites for hydroxylation is 1. The number of H-pyrrole nitrogens is 1. The number of aromatic amines is 1. The molecule has 0 atom stereocenters. The van der Waals surface area contributed by atoms with Gasteiger partial charge in [-0.1, -0.05) is 18.2 Å². The van der Waals surface area contributed by atoms with Crippen molar-refractivity contribution in [2.45, 2.75) is 6.92 Å². The number of hydrogen-bond acceptors (Lipinski definition) is 2. The van der Waals surface area contributed by atoms with Crippen molar-refractivity contribution in [3.05, 3.63) is 59.4 Å². The molecule has 1 aliphatic heterocycles. The van der Waals surface area contributed by atoms with Crippen LogP contribution in [0.5, 0.6) is 0 Å². The molecule has 1 N–H and O–H groups in total. The Morgan fingerprint density at radius 3 is 2.50 bits per heavy atom. The van der Waals surface area contributed by atoms with Crippen LogP contribution in [0.4, 0.5) is 5.69 Å². The van der Waals surface area contributed by atoms with Crippen molar-refractivity contribution >= 4 is 17.2 Å². The monoisotopic (exact) mass is 295 g/mol. The fourth-order valence-corrected chi connectivity index (χ4v) is 2.73. The van der Waals surface area contributed by atoms with E-state index < -0.39 is 0 Å². The number of amides is 1. The summed E-state index contributed by atoms with van der Waals surface area (Å²) in [5.74, 6) is 0.0682. The average molecular weight is 295 g/mol. The van der Waals surface area contributed by atoms with Crippen LogP contribution < -0.4 is 4.90 Å². The maximum Gasteiger partial charge on any atom is 0.271 e. The molecule has 0 bridgehead atoms. The van der Waals surface area contributed by atoms with Crippen LogP contribution in [-0.4, -0.2) is 43.0 Å². The maximum atomic E-state index is 12.5. The Balaban J connectivity index is 1.72. The minimum absolute atomic E-state index is 0.0682. The number of anilines is 1. The average Bonchev–Trinajstić information content (AvgIpc) is 3.15. The summed E-state index contributed by atoms with van der Waals surface area (Å²) in [6.45, 7) is 3.29. The molecule has 4 nitrogen and oxygen atoms in total. The predicted molar refractivity (Wildman–Crippen MR) is 90.2 cm³/mol. The molecule has 2 heterocycles. The third-order valence-electron chi connectivity index (χ3n) is 4.13. The molecule has 4 heteroatoms. The summed E-state index contributed by atoms with van der Waals surface area (Å²) in [5.41, 5.74) is 5.26. The van der Waals surface area contributed by atoms with Crippen LogP contribution in [0.1, 0.15) is 21.6 Å². The van der Waals surface area contributed by atoms with Crippen LogP contribution in [0.3, 0.4) is 0 Å². The van der Waals surface area contributed by atoms with Gasteiger partial charge in [-0.15, -0.1) is 0 Å². The van der Waals surface area contributed by atoms with E-state index in [1.54, 1.807) is 0 Å². The SMILES string of the molecule is Cc1cc[nH]c1C(=O)N1CC=C(c2ccc(N(C)C)cc2)C1. The van der Waals surface area contributed by atoms with E-state index in [1.807, 2.05) is 38.2 Å². The maximum absolute atomic E-state index is 12.5. The highest BCUT2D eigenvalue weighted by molar-refractivity contribution is 5.95. The molecular weight excluding hydrogens is 274 g/mol. The van der Waals surface area contributed by atoms with Gasteiger partial charge >= 0.3 is 0 Å². The topological polar surface area (TPSA) is 39.3 Å². The van der Waals surface area contributed by atoms with E-state index in [4.69, 9.17) is 0 Å². The van der Waals surface area contributed by atoms with Crippen LogP contribution in [0.25, 0.3) is 5.57 Å². The highest BCUT2D eigenvalue weighted by atomic mass is 16.2. The zero-order valence-corrected chi connectivity index (χ0v) is 13.3. The van der Waals surface area contributed by atoms with Gasteiger partial charge < -0.3 is 14.8 Å². The number of rotatable bonds is 3. The van der Waals surface area contributed by atoms with Crippen LogP contribution in [0.2, 0.25) is 0 Å². The van der Waals surface area contributed by atoms with Crippen LogP contribution >= 0.6 is 0 Å². The van der Waals surface area contributed by atoms with E-state index in [9.17, 15) is 4.79 Å². The lowest BCUT2D eigenvalue weighted by Crippen LogP contribution is -2.29. The van der Waals surface area contributed by atoms with Gasteiger partial charge in [-0.2, -0.15) is 0 Å². The summed E-state index contributed by atoms with van der Waals surface area (Å²) in [6.07, 6.45) is 3.95. The molecule has 0 aliphatic carbocycles. The summed E-state index contributed by atoms with van der Waals surface area (Å²) < 4.78 is 0. The molecule has 0 unspecified atom stereocenters. The molecular formula is C18H21N3O. The minimum atomic E-state index is 0.0682. The lowest BCUT2D eigenvalue weighted by atomic mass is 10.1. The van der Waals surface area contributed by atoms with E-state index in [1.165, 1.54) is 16.8 Å². The molecule has 114 valence electrons. The van der Waals surface area contributed by atoms with Crippen molar-refractivity contribution in [1.29, 1.82) is 0 Å². The quantitative estimate of drug-likeness (QED) is 0.945. The lowest BCUT2D eigenvalue weighted by Gasteiger charge is -2.17. The number of aromatic nitrogens is 1. The van der Waals surface area contributed by atoms with Gasteiger partial charge in [-0.3, -0.25) is 4.79 Å². The van der Waals surface area contributed by atoms with Crippen molar-refractivity contribution in [3.63, 3.8) is 0 Å². The Kier molecular flexibility index (Phi) is 3.75. The van der Waals surface area contributed by atoms with Crippen molar-refractivity contribution in [2.24, 2.45) is 0 Å². The standard InChI is InChI=1S/C18H21N3O/c1-13-8-10-19-17(13)18(22)21-11-9-15(12-21)14-4-6-16(7-5-14)20(2)3/h4-10,19H,11-12H2,1-3H3. The summed E-state index contributed by atoms with van der Waals surface area (Å²) in [4.78, 5) is 19.5. The van der Waals surface area contributed by atoms with E-state index in [0.717, 1.165) is 5.56 Å². The molecule has 0 radical (unpaired) electrons. The Labute approximate surface area is 131 Å². The molecule has 0 spiro atoms. The largest absolute Gasteiger partial charge is 0.378 e. The van der Waals surface area contributed by atoms with Crippen molar-refractivity contribution in [3.8, 4) is 0 Å². The van der Waals surface area contributed by atoms with Gasteiger partial charge in [0.1, 0.15) is 5.69 Å². The zero-order chi connectivity index (χ0) is 15.7. The Morgan fingerprint density at radius 1 is 1.18 bits per heavy atom. The van der Waals surface area contributed by atoms with E-state index >= 15 is 0 Å². The molecule has 1 aromatic heterocycles. The molecule has 1 aromatic carbocycles. The Bertz CT molecular complexity index is 710. The first-order valence-corrected chi connectivity index (χ1v) is 7.46. The molecule has 1 aliphatic rings. The zero-order valence-electron chi connectivity index (χ0n) is 13.3. The van der Waals surface area contributed by atoms with Gasteiger partial charge in [0.15, 0.2) is 0 Å². The first-order valence-electron chi connectivity index (χ1n) is 7.46. The number of carbonyl (C=O) groups is 1. The fraction of sp³-hybridized carbons (Fsp3) is 0.278. The van der Waals surface area contributed by atoms with E-state index in [0.29, 0.717) is 18.8 Å². The van der Waals surface area contributed by atoms with Gasteiger partial charge in [0.2, 0.25) is 0 Å². The van der Waals surface area contributed by atoms with E-state index in [2.05, 4.69) is 40.2 Å². The van der Waals surface area contributed by atoms with Gasteiger partial charge in [0, 0.05) is 39.1 Å². The molecule has 1 amide bonds. The highest BCUT2D eigenvalue weighted by Gasteiger charge is 2.23. The summed E-state index contributed by atoms with van der Waals surface area (Å²) in [5, 5.41) is 0. The summed E-state index contributed by atoms with van der Waals surface area (Å²) in [7, 11) is 4.06. The fourth-order valence-electron chi connectivity index (χ4n) is 2.73. The smallest absolute Gasteiger partial charge is 0.271 e. The third-order valence-corrected chi connectivity index (χ3v) is 4.13. The third kappa shape index (κ3) is 2.64. The van der Waals surface area contributed by atoms with Crippen molar-refractivity contribution < 1.29 is 4.79 Å². The van der Waals surface area contributed by atoms with Crippen LogP contribution in [0, 0.1) is 6.92 Å². The van der Waals surface area contributed by atoms with Gasteiger partial charge in [0.25, 0.3) is 5.91 Å². The number of nitrogens with one attached hydrogen (secondary N) is 1.